The molecule has 1 N–H and O–H groups in total. The standard InChI is InChI=1S/C12H19N5O2/c1-9(2)10-14-11(16-15-10)12(18)17(6-4-5-13)7-8-19-3/h9H,4,6-8H2,1-3H3,(H,14,15,16). The first-order chi connectivity index (χ1) is 9.10. The summed E-state index contributed by atoms with van der Waals surface area (Å²) in [6.07, 6.45) is 0.275. The van der Waals surface area contributed by atoms with Crippen LogP contribution in [0.2, 0.25) is 0 Å². The second-order valence-electron chi connectivity index (χ2n) is 4.39. The molecular weight excluding hydrogens is 246 g/mol. The van der Waals surface area contributed by atoms with Crippen molar-refractivity contribution in [1.29, 1.82) is 5.26 Å². The van der Waals surface area contributed by atoms with Crippen molar-refractivity contribution in [3.63, 3.8) is 0 Å². The van der Waals surface area contributed by atoms with Crippen molar-refractivity contribution >= 4 is 5.91 Å². The zero-order valence-corrected chi connectivity index (χ0v) is 11.5. The number of methoxy groups -OCH3 is 1. The van der Waals surface area contributed by atoms with Crippen LogP contribution in [0.1, 0.15) is 42.6 Å². The molecule has 0 spiro atoms. The fraction of sp³-hybridized carbons (Fsp3) is 0.667. The fourth-order valence-corrected chi connectivity index (χ4v) is 1.47. The maximum atomic E-state index is 12.2. The lowest BCUT2D eigenvalue weighted by Crippen LogP contribution is -2.35. The average Bonchev–Trinajstić information content (AvgIpc) is 2.88. The Morgan fingerprint density at radius 1 is 1.53 bits per heavy atom. The maximum absolute atomic E-state index is 12.2. The van der Waals surface area contributed by atoms with Gasteiger partial charge in [-0.05, 0) is 0 Å². The van der Waals surface area contributed by atoms with E-state index in [4.69, 9.17) is 10.00 Å². The van der Waals surface area contributed by atoms with Crippen LogP contribution in [-0.2, 0) is 4.74 Å². The molecule has 0 aromatic carbocycles. The second kappa shape index (κ2) is 7.48. The molecule has 1 heterocycles. The molecule has 0 atom stereocenters. The average molecular weight is 265 g/mol. The Morgan fingerprint density at radius 3 is 2.79 bits per heavy atom. The van der Waals surface area contributed by atoms with Gasteiger partial charge in [-0.15, -0.1) is 5.10 Å². The fourth-order valence-electron chi connectivity index (χ4n) is 1.47. The molecule has 1 amide bonds. The molecule has 0 aliphatic heterocycles. The van der Waals surface area contributed by atoms with Crippen LogP contribution in [0.5, 0.6) is 0 Å². The van der Waals surface area contributed by atoms with Crippen LogP contribution in [-0.4, -0.2) is 52.8 Å². The van der Waals surface area contributed by atoms with Crippen molar-refractivity contribution in [2.75, 3.05) is 26.8 Å². The summed E-state index contributed by atoms with van der Waals surface area (Å²) in [5, 5.41) is 15.3. The van der Waals surface area contributed by atoms with Gasteiger partial charge < -0.3 is 9.64 Å². The monoisotopic (exact) mass is 265 g/mol. The molecule has 0 saturated carbocycles. The Bertz CT molecular complexity index is 449. The number of rotatable bonds is 7. The molecular formula is C12H19N5O2. The van der Waals surface area contributed by atoms with Gasteiger partial charge in [-0.1, -0.05) is 13.8 Å². The SMILES string of the molecule is COCCN(CCC#N)C(=O)c1n[nH]c(C(C)C)n1. The van der Waals surface area contributed by atoms with E-state index < -0.39 is 0 Å². The Balaban J connectivity index is 2.76. The van der Waals surface area contributed by atoms with Crippen molar-refractivity contribution in [1.82, 2.24) is 20.1 Å². The third-order valence-electron chi connectivity index (χ3n) is 2.59. The highest BCUT2D eigenvalue weighted by atomic mass is 16.5. The lowest BCUT2D eigenvalue weighted by molar-refractivity contribution is 0.0688. The summed E-state index contributed by atoms with van der Waals surface area (Å²) in [6.45, 7) is 5.12. The smallest absolute Gasteiger partial charge is 0.293 e. The molecule has 0 aliphatic carbocycles. The number of carbonyl (C=O) groups excluding carboxylic acids is 1. The predicted octanol–water partition coefficient (Wildman–Crippen LogP) is 0.930. The van der Waals surface area contributed by atoms with Crippen LogP contribution in [0.25, 0.3) is 0 Å². The number of amides is 1. The van der Waals surface area contributed by atoms with Crippen LogP contribution in [0, 0.1) is 11.3 Å². The molecule has 0 bridgehead atoms. The highest BCUT2D eigenvalue weighted by Gasteiger charge is 2.20. The molecule has 1 rings (SSSR count). The number of nitriles is 1. The van der Waals surface area contributed by atoms with E-state index in [0.29, 0.717) is 25.5 Å². The highest BCUT2D eigenvalue weighted by molar-refractivity contribution is 5.90. The Kier molecular flexibility index (Phi) is 5.96. The van der Waals surface area contributed by atoms with E-state index in [1.54, 1.807) is 7.11 Å². The first kappa shape index (κ1) is 15.1. The summed E-state index contributed by atoms with van der Waals surface area (Å²) in [6, 6.07) is 2.02. The number of ether oxygens (including phenoxy) is 1. The van der Waals surface area contributed by atoms with Crippen molar-refractivity contribution in [2.24, 2.45) is 0 Å². The zero-order valence-electron chi connectivity index (χ0n) is 11.5. The van der Waals surface area contributed by atoms with Gasteiger partial charge >= 0.3 is 0 Å². The van der Waals surface area contributed by atoms with Crippen LogP contribution in [0.15, 0.2) is 0 Å². The number of carbonyl (C=O) groups is 1. The van der Waals surface area contributed by atoms with Gasteiger partial charge in [-0.3, -0.25) is 9.89 Å². The predicted molar refractivity (Wildman–Crippen MR) is 68.5 cm³/mol. The Hall–Kier alpha value is -1.94. The van der Waals surface area contributed by atoms with E-state index >= 15 is 0 Å². The van der Waals surface area contributed by atoms with Gasteiger partial charge in [0.25, 0.3) is 5.91 Å². The van der Waals surface area contributed by atoms with Crippen LogP contribution >= 0.6 is 0 Å². The molecule has 19 heavy (non-hydrogen) atoms. The van der Waals surface area contributed by atoms with E-state index in [-0.39, 0.29) is 24.1 Å². The lowest BCUT2D eigenvalue weighted by atomic mass is 10.2. The highest BCUT2D eigenvalue weighted by Crippen LogP contribution is 2.09. The van der Waals surface area contributed by atoms with Crippen molar-refractivity contribution < 1.29 is 9.53 Å². The molecule has 104 valence electrons. The molecule has 1 aromatic rings. The van der Waals surface area contributed by atoms with Gasteiger partial charge in [0.1, 0.15) is 5.82 Å². The van der Waals surface area contributed by atoms with E-state index in [1.807, 2.05) is 19.9 Å². The Labute approximate surface area is 112 Å². The number of aromatic nitrogens is 3. The van der Waals surface area contributed by atoms with Crippen molar-refractivity contribution in [3.8, 4) is 6.07 Å². The quantitative estimate of drug-likeness (QED) is 0.791. The van der Waals surface area contributed by atoms with Gasteiger partial charge in [0.05, 0.1) is 19.1 Å². The summed E-state index contributed by atoms with van der Waals surface area (Å²) < 4.78 is 4.96. The third kappa shape index (κ3) is 4.34. The number of H-pyrrole nitrogens is 1. The minimum absolute atomic E-state index is 0.137. The largest absolute Gasteiger partial charge is 0.383 e. The summed E-state index contributed by atoms with van der Waals surface area (Å²) in [4.78, 5) is 17.9. The van der Waals surface area contributed by atoms with Gasteiger partial charge in [0.2, 0.25) is 5.82 Å². The molecule has 0 fully saturated rings. The summed E-state index contributed by atoms with van der Waals surface area (Å²) in [7, 11) is 1.57. The van der Waals surface area contributed by atoms with Crippen LogP contribution in [0.4, 0.5) is 0 Å². The normalized spacial score (nSPS) is 10.5. The summed E-state index contributed by atoms with van der Waals surface area (Å²) >= 11 is 0. The minimum atomic E-state index is -0.282. The van der Waals surface area contributed by atoms with E-state index in [9.17, 15) is 4.79 Å². The van der Waals surface area contributed by atoms with Gasteiger partial charge in [0.15, 0.2) is 0 Å². The first-order valence-corrected chi connectivity index (χ1v) is 6.17. The van der Waals surface area contributed by atoms with Gasteiger partial charge in [-0.25, -0.2) is 4.98 Å². The van der Waals surface area contributed by atoms with E-state index in [1.165, 1.54) is 4.90 Å². The first-order valence-electron chi connectivity index (χ1n) is 6.17. The number of hydrogen-bond donors (Lipinski definition) is 1. The van der Waals surface area contributed by atoms with Crippen molar-refractivity contribution in [3.05, 3.63) is 11.6 Å². The number of hydrogen-bond acceptors (Lipinski definition) is 5. The molecule has 1 aromatic heterocycles. The molecule has 7 nitrogen and oxygen atoms in total. The van der Waals surface area contributed by atoms with Gasteiger partial charge in [-0.2, -0.15) is 5.26 Å². The van der Waals surface area contributed by atoms with E-state index in [2.05, 4.69) is 15.2 Å². The minimum Gasteiger partial charge on any atom is -0.383 e. The summed E-state index contributed by atoms with van der Waals surface area (Å²) in [5.41, 5.74) is 0. The maximum Gasteiger partial charge on any atom is 0.293 e. The van der Waals surface area contributed by atoms with Crippen molar-refractivity contribution in [2.45, 2.75) is 26.2 Å². The molecule has 0 radical (unpaired) electrons. The molecule has 0 unspecified atom stereocenters. The van der Waals surface area contributed by atoms with Crippen LogP contribution in [0.3, 0.4) is 0 Å². The molecule has 0 saturated heterocycles. The van der Waals surface area contributed by atoms with Crippen LogP contribution < -0.4 is 0 Å². The third-order valence-corrected chi connectivity index (χ3v) is 2.59. The second-order valence-corrected chi connectivity index (χ2v) is 4.39. The topological polar surface area (TPSA) is 94.9 Å². The zero-order chi connectivity index (χ0) is 14.3. The number of aromatic amines is 1. The molecule has 7 heteroatoms. The number of nitrogens with zero attached hydrogens (tertiary/aromatic N) is 4. The van der Waals surface area contributed by atoms with E-state index in [0.717, 1.165) is 0 Å². The molecule has 0 aliphatic rings. The summed E-state index contributed by atoms with van der Waals surface area (Å²) in [5.74, 6) is 0.712. The van der Waals surface area contributed by atoms with Gasteiger partial charge in [0, 0.05) is 26.1 Å². The Morgan fingerprint density at radius 2 is 2.26 bits per heavy atom. The lowest BCUT2D eigenvalue weighted by Gasteiger charge is -2.19. The number of nitrogens with one attached hydrogen (secondary N) is 1.